The zero-order chi connectivity index (χ0) is 37.0. The van der Waals surface area contributed by atoms with Crippen molar-refractivity contribution in [2.45, 2.75) is 0 Å². The second-order valence-corrected chi connectivity index (χ2v) is 14.5. The molecule has 0 saturated heterocycles. The number of anilines is 3. The normalized spacial score (nSPS) is 11.6. The third-order valence-corrected chi connectivity index (χ3v) is 11.2. The van der Waals surface area contributed by atoms with Gasteiger partial charge in [0.15, 0.2) is 5.58 Å². The van der Waals surface area contributed by atoms with Crippen LogP contribution in [0.1, 0.15) is 0 Å². The number of hydrogen-bond donors (Lipinski definition) is 0. The molecule has 2 heteroatoms. The molecule has 0 amide bonds. The van der Waals surface area contributed by atoms with Crippen LogP contribution < -0.4 is 4.90 Å². The Labute approximate surface area is 325 Å². The molecule has 0 bridgehead atoms. The molecular weight excluding hydrogens is 679 g/mol. The molecule has 0 atom stereocenters. The van der Waals surface area contributed by atoms with Crippen LogP contribution in [0.25, 0.3) is 87.6 Å². The summed E-state index contributed by atoms with van der Waals surface area (Å²) in [4.78, 5) is 2.37. The summed E-state index contributed by atoms with van der Waals surface area (Å²) in [6, 6.07) is 76.3. The summed E-state index contributed by atoms with van der Waals surface area (Å²) in [5.41, 5.74) is 11.9. The van der Waals surface area contributed by atoms with Crippen LogP contribution in [0, 0.1) is 0 Å². The highest BCUT2D eigenvalue weighted by Crippen LogP contribution is 2.49. The molecule has 0 spiro atoms. The quantitative estimate of drug-likeness (QED) is 0.160. The van der Waals surface area contributed by atoms with Gasteiger partial charge in [0, 0.05) is 27.5 Å². The van der Waals surface area contributed by atoms with Crippen molar-refractivity contribution in [2.24, 2.45) is 0 Å². The molecule has 0 aliphatic rings. The van der Waals surface area contributed by atoms with Crippen molar-refractivity contribution < 1.29 is 4.42 Å². The van der Waals surface area contributed by atoms with Gasteiger partial charge in [0.05, 0.1) is 5.69 Å². The van der Waals surface area contributed by atoms with Crippen molar-refractivity contribution in [3.63, 3.8) is 0 Å². The third kappa shape index (κ3) is 5.26. The first-order valence-electron chi connectivity index (χ1n) is 19.2. The summed E-state index contributed by atoms with van der Waals surface area (Å²) in [7, 11) is 0. The minimum absolute atomic E-state index is 0.852. The highest BCUT2D eigenvalue weighted by atomic mass is 16.3. The molecule has 0 fully saturated rings. The number of fused-ring (bicyclic) bond motifs is 9. The summed E-state index contributed by atoms with van der Waals surface area (Å²) >= 11 is 0. The van der Waals surface area contributed by atoms with Crippen LogP contribution in [0.4, 0.5) is 17.1 Å². The zero-order valence-electron chi connectivity index (χ0n) is 30.6. The van der Waals surface area contributed by atoms with Crippen LogP contribution in [0.2, 0.25) is 0 Å². The van der Waals surface area contributed by atoms with Gasteiger partial charge in [-0.3, -0.25) is 0 Å². The molecule has 0 aliphatic carbocycles. The average Bonchev–Trinajstić information content (AvgIpc) is 3.68. The predicted molar refractivity (Wildman–Crippen MR) is 237 cm³/mol. The summed E-state index contributed by atoms with van der Waals surface area (Å²) in [6.45, 7) is 0. The van der Waals surface area contributed by atoms with Crippen molar-refractivity contribution in [3.8, 4) is 33.4 Å². The van der Waals surface area contributed by atoms with Gasteiger partial charge in [-0.2, -0.15) is 0 Å². The number of rotatable bonds is 6. The van der Waals surface area contributed by atoms with E-state index in [1.54, 1.807) is 0 Å². The van der Waals surface area contributed by atoms with E-state index in [0.717, 1.165) is 50.0 Å². The topological polar surface area (TPSA) is 16.4 Å². The van der Waals surface area contributed by atoms with Crippen LogP contribution >= 0.6 is 0 Å². The van der Waals surface area contributed by atoms with Gasteiger partial charge >= 0.3 is 0 Å². The van der Waals surface area contributed by atoms with Crippen molar-refractivity contribution in [1.29, 1.82) is 0 Å². The maximum absolute atomic E-state index is 7.25. The molecule has 0 unspecified atom stereocenters. The largest absolute Gasteiger partial charge is 0.453 e. The lowest BCUT2D eigenvalue weighted by atomic mass is 9.93. The Bertz CT molecular complexity index is 3130. The Morgan fingerprint density at radius 3 is 1.41 bits per heavy atom. The van der Waals surface area contributed by atoms with Crippen LogP contribution in [-0.2, 0) is 0 Å². The first-order valence-corrected chi connectivity index (χ1v) is 19.2. The molecule has 10 aromatic carbocycles. The second kappa shape index (κ2) is 13.2. The van der Waals surface area contributed by atoms with Gasteiger partial charge in [0.1, 0.15) is 5.58 Å². The molecule has 262 valence electrons. The van der Waals surface area contributed by atoms with E-state index < -0.39 is 0 Å². The van der Waals surface area contributed by atoms with Gasteiger partial charge < -0.3 is 9.32 Å². The van der Waals surface area contributed by atoms with E-state index in [0.29, 0.717) is 0 Å². The molecule has 56 heavy (non-hydrogen) atoms. The minimum Gasteiger partial charge on any atom is -0.453 e. The maximum atomic E-state index is 7.25. The maximum Gasteiger partial charge on any atom is 0.159 e. The fraction of sp³-hybridized carbons (Fsp3) is 0. The lowest BCUT2D eigenvalue weighted by Crippen LogP contribution is -2.10. The standard InChI is InChI=1S/C54H35NO/c1-3-14-36(15-4-1)38-26-30-42(31-27-38)55(43-32-28-39(29-33-43)37-16-5-2-6-17-37)51-35-41(45-25-13-19-40-18-7-8-20-44(40)45)34-50-52-48-23-11-9-21-46(48)47-22-10-12-24-49(47)54(52)56-53(50)51/h1-35H. The van der Waals surface area contributed by atoms with E-state index in [4.69, 9.17) is 4.42 Å². The summed E-state index contributed by atoms with van der Waals surface area (Å²) in [5.74, 6) is 0. The minimum atomic E-state index is 0.852. The summed E-state index contributed by atoms with van der Waals surface area (Å²) in [6.07, 6.45) is 0. The fourth-order valence-electron chi connectivity index (χ4n) is 8.58. The van der Waals surface area contributed by atoms with Gasteiger partial charge in [0.2, 0.25) is 0 Å². The van der Waals surface area contributed by atoms with Crippen LogP contribution in [0.5, 0.6) is 0 Å². The first-order chi connectivity index (χ1) is 27.8. The molecular formula is C54H35NO. The fourth-order valence-corrected chi connectivity index (χ4v) is 8.58. The van der Waals surface area contributed by atoms with E-state index in [1.165, 1.54) is 54.7 Å². The number of furan rings is 1. The average molecular weight is 714 g/mol. The van der Waals surface area contributed by atoms with E-state index in [-0.39, 0.29) is 0 Å². The van der Waals surface area contributed by atoms with E-state index >= 15 is 0 Å². The number of hydrogen-bond acceptors (Lipinski definition) is 2. The molecule has 2 nitrogen and oxygen atoms in total. The molecule has 0 saturated carbocycles. The molecule has 11 rings (SSSR count). The summed E-state index contributed by atoms with van der Waals surface area (Å²) in [5, 5.41) is 9.37. The van der Waals surface area contributed by atoms with Crippen LogP contribution in [-0.4, -0.2) is 0 Å². The molecule has 11 aromatic rings. The van der Waals surface area contributed by atoms with E-state index in [2.05, 4.69) is 217 Å². The van der Waals surface area contributed by atoms with Gasteiger partial charge in [-0.05, 0) is 96.7 Å². The lowest BCUT2D eigenvalue weighted by Gasteiger charge is -2.27. The van der Waals surface area contributed by atoms with Gasteiger partial charge in [-0.1, -0.05) is 176 Å². The number of benzene rings is 10. The van der Waals surface area contributed by atoms with Crippen molar-refractivity contribution in [2.75, 3.05) is 4.90 Å². The molecule has 0 radical (unpaired) electrons. The molecule has 0 N–H and O–H groups in total. The Kier molecular flexibility index (Phi) is 7.53. The first kappa shape index (κ1) is 32.0. The summed E-state index contributed by atoms with van der Waals surface area (Å²) < 4.78 is 7.25. The van der Waals surface area contributed by atoms with Gasteiger partial charge in [-0.15, -0.1) is 0 Å². The Morgan fingerprint density at radius 1 is 0.304 bits per heavy atom. The molecule has 1 heterocycles. The lowest BCUT2D eigenvalue weighted by molar-refractivity contribution is 0.673. The third-order valence-electron chi connectivity index (χ3n) is 11.2. The second-order valence-electron chi connectivity index (χ2n) is 14.5. The predicted octanol–water partition coefficient (Wildman–Crippen LogP) is 15.5. The van der Waals surface area contributed by atoms with Crippen LogP contribution in [0.3, 0.4) is 0 Å². The van der Waals surface area contributed by atoms with Gasteiger partial charge in [-0.25, -0.2) is 0 Å². The van der Waals surface area contributed by atoms with Crippen molar-refractivity contribution >= 4 is 71.3 Å². The molecule has 1 aromatic heterocycles. The monoisotopic (exact) mass is 713 g/mol. The van der Waals surface area contributed by atoms with Crippen molar-refractivity contribution in [3.05, 3.63) is 212 Å². The van der Waals surface area contributed by atoms with E-state index in [9.17, 15) is 0 Å². The zero-order valence-corrected chi connectivity index (χ0v) is 30.6. The van der Waals surface area contributed by atoms with E-state index in [1.807, 2.05) is 0 Å². The van der Waals surface area contributed by atoms with Crippen molar-refractivity contribution in [1.82, 2.24) is 0 Å². The van der Waals surface area contributed by atoms with Gasteiger partial charge in [0.25, 0.3) is 0 Å². The SMILES string of the molecule is c1ccc(-c2ccc(N(c3ccc(-c4ccccc4)cc3)c3cc(-c4cccc5ccccc45)cc4c3oc3c5ccccc5c5ccccc5c43)cc2)cc1. The van der Waals surface area contributed by atoms with Crippen LogP contribution in [0.15, 0.2) is 217 Å². The Balaban J connectivity index is 1.24. The smallest absolute Gasteiger partial charge is 0.159 e. The number of nitrogens with zero attached hydrogens (tertiary/aromatic N) is 1. The highest BCUT2D eigenvalue weighted by Gasteiger charge is 2.24. The Hall–Kier alpha value is -7.42. The Morgan fingerprint density at radius 2 is 0.786 bits per heavy atom. The molecule has 0 aliphatic heterocycles. The highest BCUT2D eigenvalue weighted by molar-refractivity contribution is 6.31.